The summed E-state index contributed by atoms with van der Waals surface area (Å²) in [6, 6.07) is 40.2. The van der Waals surface area contributed by atoms with E-state index in [0.29, 0.717) is 16.8 Å². The molecule has 1 atom stereocenters. The Bertz CT molecular complexity index is 1750. The number of carbonyl (C=O) groups is 4. The number of hydrogen-bond acceptors (Lipinski definition) is 4. The molecule has 0 radical (unpaired) electrons. The molecule has 5 aromatic carbocycles. The van der Waals surface area contributed by atoms with Crippen LogP contribution in [0.4, 0.5) is 5.69 Å². The Kier molecular flexibility index (Phi) is 7.98. The van der Waals surface area contributed by atoms with Gasteiger partial charge in [0, 0.05) is 6.42 Å². The zero-order chi connectivity index (χ0) is 30.6. The highest BCUT2D eigenvalue weighted by Crippen LogP contribution is 2.33. The third kappa shape index (κ3) is 5.45. The van der Waals surface area contributed by atoms with Gasteiger partial charge in [-0.15, -0.1) is 0 Å². The molecular formula is C38H30N2O4. The van der Waals surface area contributed by atoms with Crippen LogP contribution in [-0.4, -0.2) is 34.6 Å². The van der Waals surface area contributed by atoms with Crippen molar-refractivity contribution < 1.29 is 19.2 Å². The Balaban J connectivity index is 1.50. The first-order valence-electron chi connectivity index (χ1n) is 14.5. The van der Waals surface area contributed by atoms with Crippen LogP contribution >= 0.6 is 0 Å². The molecular weight excluding hydrogens is 548 g/mol. The molecule has 4 amide bonds. The summed E-state index contributed by atoms with van der Waals surface area (Å²) in [5, 5.41) is 0. The Morgan fingerprint density at radius 3 is 1.55 bits per heavy atom. The molecule has 0 N–H and O–H groups in total. The minimum absolute atomic E-state index is 0.0438. The van der Waals surface area contributed by atoms with Gasteiger partial charge in [0.2, 0.25) is 5.91 Å². The predicted octanol–water partition coefficient (Wildman–Crippen LogP) is 6.59. The summed E-state index contributed by atoms with van der Waals surface area (Å²) in [6.07, 6.45) is 0.0438. The maximum Gasteiger partial charge on any atom is 0.262 e. The summed E-state index contributed by atoms with van der Waals surface area (Å²) in [5.41, 5.74) is 3.98. The molecule has 6 rings (SSSR count). The van der Waals surface area contributed by atoms with Gasteiger partial charge in [-0.25, -0.2) is 4.90 Å². The van der Waals surface area contributed by atoms with Crippen molar-refractivity contribution in [3.8, 4) is 0 Å². The van der Waals surface area contributed by atoms with E-state index in [1.807, 2.05) is 110 Å². The molecule has 1 aliphatic rings. The van der Waals surface area contributed by atoms with Crippen molar-refractivity contribution >= 4 is 29.3 Å². The highest BCUT2D eigenvalue weighted by molar-refractivity contribution is 6.26. The number of carbonyl (C=O) groups excluding carboxylic acids is 4. The molecule has 1 heterocycles. The zero-order valence-corrected chi connectivity index (χ0v) is 24.2. The van der Waals surface area contributed by atoms with E-state index in [9.17, 15) is 19.2 Å². The molecule has 0 bridgehead atoms. The maximum absolute atomic E-state index is 14.9. The first-order chi connectivity index (χ1) is 21.4. The van der Waals surface area contributed by atoms with E-state index in [1.54, 1.807) is 36.4 Å². The van der Waals surface area contributed by atoms with E-state index in [0.717, 1.165) is 20.9 Å². The van der Waals surface area contributed by atoms with Crippen LogP contribution in [0.1, 0.15) is 48.9 Å². The second-order valence-electron chi connectivity index (χ2n) is 10.8. The Hall–Kier alpha value is -5.62. The molecule has 5 aromatic rings. The molecule has 0 aromatic heterocycles. The standard InChI is InChI=1S/C38H30N2O4/c1-26-21-23-30(24-22-26)39(38(44)34(28-15-7-3-8-16-28)29-17-9-4-10-18-29)37(43)33(25-27-13-5-2-6-14-27)40-35(41)31-19-11-12-20-32(31)36(40)42/h2-24,33-34H,25H2,1H3/t33-/m0/s1. The van der Waals surface area contributed by atoms with Gasteiger partial charge in [0.1, 0.15) is 6.04 Å². The molecule has 6 nitrogen and oxygen atoms in total. The molecule has 6 heteroatoms. The van der Waals surface area contributed by atoms with Crippen LogP contribution < -0.4 is 4.90 Å². The van der Waals surface area contributed by atoms with E-state index in [1.165, 1.54) is 0 Å². The van der Waals surface area contributed by atoms with Gasteiger partial charge in [0.05, 0.1) is 22.7 Å². The van der Waals surface area contributed by atoms with Gasteiger partial charge in [-0.1, -0.05) is 121 Å². The van der Waals surface area contributed by atoms with Gasteiger partial charge in [-0.3, -0.25) is 24.1 Å². The summed E-state index contributed by atoms with van der Waals surface area (Å²) in [4.78, 5) is 59.4. The Morgan fingerprint density at radius 1 is 0.591 bits per heavy atom. The van der Waals surface area contributed by atoms with E-state index in [2.05, 4.69) is 0 Å². The monoisotopic (exact) mass is 578 g/mol. The van der Waals surface area contributed by atoms with Crippen LogP contribution in [0.25, 0.3) is 0 Å². The minimum atomic E-state index is -1.28. The van der Waals surface area contributed by atoms with Crippen molar-refractivity contribution in [1.82, 2.24) is 4.90 Å². The molecule has 44 heavy (non-hydrogen) atoms. The SMILES string of the molecule is Cc1ccc(N(C(=O)C(c2ccccc2)c2ccccc2)C(=O)[C@H](Cc2ccccc2)N2C(=O)c3ccccc3C2=O)cc1. The van der Waals surface area contributed by atoms with Crippen LogP contribution in [0.2, 0.25) is 0 Å². The smallest absolute Gasteiger partial charge is 0.262 e. The highest BCUT2D eigenvalue weighted by atomic mass is 16.2. The van der Waals surface area contributed by atoms with Crippen LogP contribution in [0.5, 0.6) is 0 Å². The van der Waals surface area contributed by atoms with Crippen molar-refractivity contribution in [1.29, 1.82) is 0 Å². The van der Waals surface area contributed by atoms with Crippen molar-refractivity contribution in [3.63, 3.8) is 0 Å². The number of imide groups is 2. The van der Waals surface area contributed by atoms with Gasteiger partial charge in [0.25, 0.3) is 17.7 Å². The van der Waals surface area contributed by atoms with E-state index < -0.39 is 35.6 Å². The van der Waals surface area contributed by atoms with E-state index in [-0.39, 0.29) is 17.5 Å². The van der Waals surface area contributed by atoms with Crippen molar-refractivity contribution in [2.24, 2.45) is 0 Å². The quantitative estimate of drug-likeness (QED) is 0.195. The molecule has 0 aliphatic carbocycles. The number of fused-ring (bicyclic) bond motifs is 1. The number of benzene rings is 5. The summed E-state index contributed by atoms with van der Waals surface area (Å²) in [7, 11) is 0. The Morgan fingerprint density at radius 2 is 1.05 bits per heavy atom. The number of rotatable bonds is 8. The third-order valence-corrected chi connectivity index (χ3v) is 7.94. The van der Waals surface area contributed by atoms with E-state index in [4.69, 9.17) is 0 Å². The Labute approximate surface area is 256 Å². The van der Waals surface area contributed by atoms with Crippen LogP contribution in [0, 0.1) is 6.92 Å². The average Bonchev–Trinajstić information content (AvgIpc) is 3.31. The fourth-order valence-corrected chi connectivity index (χ4v) is 5.72. The van der Waals surface area contributed by atoms with E-state index >= 15 is 0 Å². The van der Waals surface area contributed by atoms with Crippen LogP contribution in [0.15, 0.2) is 140 Å². The first-order valence-corrected chi connectivity index (χ1v) is 14.5. The number of anilines is 1. The van der Waals surface area contributed by atoms with Crippen molar-refractivity contribution in [3.05, 3.63) is 173 Å². The van der Waals surface area contributed by atoms with Crippen LogP contribution in [0.3, 0.4) is 0 Å². The molecule has 0 fully saturated rings. The molecule has 0 saturated heterocycles. The zero-order valence-electron chi connectivity index (χ0n) is 24.2. The van der Waals surface area contributed by atoms with Crippen molar-refractivity contribution in [2.75, 3.05) is 4.90 Å². The highest BCUT2D eigenvalue weighted by Gasteiger charge is 2.46. The first kappa shape index (κ1) is 28.5. The molecule has 0 spiro atoms. The van der Waals surface area contributed by atoms with Crippen LogP contribution in [-0.2, 0) is 16.0 Å². The summed E-state index contributed by atoms with van der Waals surface area (Å²) >= 11 is 0. The maximum atomic E-state index is 14.9. The fraction of sp³-hybridized carbons (Fsp3) is 0.105. The minimum Gasteiger partial charge on any atom is -0.273 e. The summed E-state index contributed by atoms with van der Waals surface area (Å²) in [6.45, 7) is 1.92. The topological polar surface area (TPSA) is 74.8 Å². The lowest BCUT2D eigenvalue weighted by Crippen LogP contribution is -2.54. The largest absolute Gasteiger partial charge is 0.273 e. The van der Waals surface area contributed by atoms with Crippen molar-refractivity contribution in [2.45, 2.75) is 25.3 Å². The second-order valence-corrected chi connectivity index (χ2v) is 10.8. The van der Waals surface area contributed by atoms with Gasteiger partial charge in [-0.2, -0.15) is 0 Å². The number of amides is 4. The third-order valence-electron chi connectivity index (χ3n) is 7.94. The predicted molar refractivity (Wildman–Crippen MR) is 169 cm³/mol. The molecule has 216 valence electrons. The van der Waals surface area contributed by atoms with Gasteiger partial charge >= 0.3 is 0 Å². The normalized spacial score (nSPS) is 13.1. The molecule has 0 unspecified atom stereocenters. The fourth-order valence-electron chi connectivity index (χ4n) is 5.72. The lowest BCUT2D eigenvalue weighted by Gasteiger charge is -2.33. The van der Waals surface area contributed by atoms with Gasteiger partial charge < -0.3 is 0 Å². The lowest BCUT2D eigenvalue weighted by molar-refractivity contribution is -0.129. The number of hydrogen-bond donors (Lipinski definition) is 0. The summed E-state index contributed by atoms with van der Waals surface area (Å²) in [5.74, 6) is -3.07. The lowest BCUT2D eigenvalue weighted by atomic mass is 9.89. The number of aryl methyl sites for hydroxylation is 1. The van der Waals surface area contributed by atoms with Gasteiger partial charge in [-0.05, 0) is 47.9 Å². The average molecular weight is 579 g/mol. The molecule has 1 aliphatic heterocycles. The second kappa shape index (κ2) is 12.3. The molecule has 0 saturated carbocycles. The number of nitrogens with zero attached hydrogens (tertiary/aromatic N) is 2. The van der Waals surface area contributed by atoms with Gasteiger partial charge in [0.15, 0.2) is 0 Å². The summed E-state index contributed by atoms with van der Waals surface area (Å²) < 4.78 is 0.